The van der Waals surface area contributed by atoms with Gasteiger partial charge in [0.15, 0.2) is 6.29 Å². The molecule has 2 rings (SSSR count). The summed E-state index contributed by atoms with van der Waals surface area (Å²) < 4.78 is 0. The number of rotatable bonds is 5. The SMILES string of the molecule is Cc1nc(Cl)c(C=O)c(NCC2CCCC2CO)n1. The van der Waals surface area contributed by atoms with Crippen LogP contribution < -0.4 is 5.32 Å². The number of anilines is 1. The van der Waals surface area contributed by atoms with Crippen LogP contribution in [0.25, 0.3) is 0 Å². The molecule has 1 aliphatic carbocycles. The zero-order chi connectivity index (χ0) is 13.8. The van der Waals surface area contributed by atoms with E-state index in [1.54, 1.807) is 6.92 Å². The van der Waals surface area contributed by atoms with Crippen molar-refractivity contribution in [3.63, 3.8) is 0 Å². The number of aliphatic hydroxyl groups is 1. The quantitative estimate of drug-likeness (QED) is 0.639. The molecule has 104 valence electrons. The number of hydrogen-bond donors (Lipinski definition) is 2. The number of aliphatic hydroxyl groups excluding tert-OH is 1. The molecule has 6 heteroatoms. The predicted molar refractivity (Wildman–Crippen MR) is 73.6 cm³/mol. The summed E-state index contributed by atoms with van der Waals surface area (Å²) in [4.78, 5) is 19.2. The Morgan fingerprint density at radius 2 is 2.16 bits per heavy atom. The number of halogens is 1. The van der Waals surface area contributed by atoms with Crippen LogP contribution in [0.1, 0.15) is 35.4 Å². The van der Waals surface area contributed by atoms with Crippen LogP contribution in [0, 0.1) is 18.8 Å². The van der Waals surface area contributed by atoms with Crippen LogP contribution in [0.5, 0.6) is 0 Å². The number of carbonyl (C=O) groups is 1. The maximum Gasteiger partial charge on any atom is 0.156 e. The van der Waals surface area contributed by atoms with Gasteiger partial charge in [-0.15, -0.1) is 0 Å². The maximum atomic E-state index is 11.0. The Hall–Kier alpha value is -1.20. The number of nitrogens with one attached hydrogen (secondary N) is 1. The van der Waals surface area contributed by atoms with E-state index in [0.29, 0.717) is 41.9 Å². The topological polar surface area (TPSA) is 75.1 Å². The van der Waals surface area contributed by atoms with E-state index in [1.165, 1.54) is 0 Å². The van der Waals surface area contributed by atoms with Gasteiger partial charge in [-0.05, 0) is 31.6 Å². The van der Waals surface area contributed by atoms with Gasteiger partial charge in [-0.1, -0.05) is 18.0 Å². The Morgan fingerprint density at radius 3 is 2.84 bits per heavy atom. The monoisotopic (exact) mass is 283 g/mol. The van der Waals surface area contributed by atoms with Crippen molar-refractivity contribution in [1.82, 2.24) is 9.97 Å². The van der Waals surface area contributed by atoms with E-state index in [2.05, 4.69) is 15.3 Å². The standard InChI is InChI=1S/C13H18ClN3O2/c1-8-16-12(14)11(7-19)13(17-8)15-5-9-3-2-4-10(9)6-18/h7,9-10,18H,2-6H2,1H3,(H,15,16,17). The first kappa shape index (κ1) is 14.2. The Labute approximate surface area is 117 Å². The largest absolute Gasteiger partial charge is 0.396 e. The number of nitrogens with zero attached hydrogens (tertiary/aromatic N) is 2. The van der Waals surface area contributed by atoms with E-state index < -0.39 is 0 Å². The van der Waals surface area contributed by atoms with E-state index in [0.717, 1.165) is 19.3 Å². The molecular formula is C13H18ClN3O2. The zero-order valence-corrected chi connectivity index (χ0v) is 11.7. The first-order valence-corrected chi connectivity index (χ1v) is 6.87. The van der Waals surface area contributed by atoms with Gasteiger partial charge < -0.3 is 10.4 Å². The van der Waals surface area contributed by atoms with Gasteiger partial charge in [-0.3, -0.25) is 4.79 Å². The number of carbonyl (C=O) groups excluding carboxylic acids is 1. The van der Waals surface area contributed by atoms with E-state index >= 15 is 0 Å². The second-order valence-electron chi connectivity index (χ2n) is 4.96. The van der Waals surface area contributed by atoms with Crippen LogP contribution in [-0.2, 0) is 0 Å². The molecule has 0 spiro atoms. The van der Waals surface area contributed by atoms with Crippen molar-refractivity contribution in [3.05, 3.63) is 16.5 Å². The van der Waals surface area contributed by atoms with E-state index in [4.69, 9.17) is 11.6 Å². The Balaban J connectivity index is 2.08. The molecule has 1 aliphatic rings. The molecular weight excluding hydrogens is 266 g/mol. The molecule has 1 aromatic rings. The van der Waals surface area contributed by atoms with E-state index in [1.807, 2.05) is 0 Å². The minimum Gasteiger partial charge on any atom is -0.396 e. The van der Waals surface area contributed by atoms with Gasteiger partial charge in [0.1, 0.15) is 16.8 Å². The molecule has 0 aliphatic heterocycles. The first-order chi connectivity index (χ1) is 9.15. The minimum atomic E-state index is 0.176. The maximum absolute atomic E-state index is 11.0. The van der Waals surface area contributed by atoms with Crippen molar-refractivity contribution >= 4 is 23.7 Å². The van der Waals surface area contributed by atoms with Crippen LogP contribution in [0.3, 0.4) is 0 Å². The fourth-order valence-electron chi connectivity index (χ4n) is 2.64. The minimum absolute atomic E-state index is 0.176. The molecule has 0 aromatic carbocycles. The lowest BCUT2D eigenvalue weighted by Gasteiger charge is -2.19. The number of aromatic nitrogens is 2. The summed E-state index contributed by atoms with van der Waals surface area (Å²) in [6.07, 6.45) is 3.96. The molecule has 1 saturated carbocycles. The van der Waals surface area contributed by atoms with Gasteiger partial charge in [0.2, 0.25) is 0 Å². The lowest BCUT2D eigenvalue weighted by molar-refractivity contribution is 0.112. The summed E-state index contributed by atoms with van der Waals surface area (Å²) >= 11 is 5.92. The predicted octanol–water partition coefficient (Wildman–Crippen LogP) is 2.07. The average Bonchev–Trinajstić information content (AvgIpc) is 2.83. The molecule has 19 heavy (non-hydrogen) atoms. The molecule has 0 saturated heterocycles. The molecule has 1 aromatic heterocycles. The summed E-state index contributed by atoms with van der Waals surface area (Å²) in [7, 11) is 0. The molecule has 2 unspecified atom stereocenters. The highest BCUT2D eigenvalue weighted by Gasteiger charge is 2.26. The molecule has 0 bridgehead atoms. The summed E-state index contributed by atoms with van der Waals surface area (Å²) in [5, 5.41) is 12.6. The van der Waals surface area contributed by atoms with Gasteiger partial charge in [-0.2, -0.15) is 0 Å². The Bertz CT molecular complexity index is 467. The van der Waals surface area contributed by atoms with E-state index in [-0.39, 0.29) is 11.8 Å². The zero-order valence-electron chi connectivity index (χ0n) is 10.9. The molecule has 0 amide bonds. The van der Waals surface area contributed by atoms with Crippen molar-refractivity contribution in [1.29, 1.82) is 0 Å². The highest BCUT2D eigenvalue weighted by atomic mass is 35.5. The van der Waals surface area contributed by atoms with Gasteiger partial charge in [0, 0.05) is 13.2 Å². The van der Waals surface area contributed by atoms with Gasteiger partial charge in [-0.25, -0.2) is 9.97 Å². The average molecular weight is 284 g/mol. The lowest BCUT2D eigenvalue weighted by Crippen LogP contribution is -2.22. The third-order valence-electron chi connectivity index (χ3n) is 3.71. The summed E-state index contributed by atoms with van der Waals surface area (Å²) in [6, 6.07) is 0. The fraction of sp³-hybridized carbons (Fsp3) is 0.615. The second-order valence-corrected chi connectivity index (χ2v) is 5.31. The van der Waals surface area contributed by atoms with Crippen LogP contribution in [0.4, 0.5) is 5.82 Å². The molecule has 1 heterocycles. The molecule has 2 atom stereocenters. The molecule has 2 N–H and O–H groups in total. The molecule has 0 radical (unpaired) electrons. The Kier molecular flexibility index (Phi) is 4.71. The second kappa shape index (κ2) is 6.30. The highest BCUT2D eigenvalue weighted by Crippen LogP contribution is 2.31. The van der Waals surface area contributed by atoms with Crippen LogP contribution in [-0.4, -0.2) is 34.5 Å². The Morgan fingerprint density at radius 1 is 1.42 bits per heavy atom. The summed E-state index contributed by atoms with van der Waals surface area (Å²) in [6.45, 7) is 2.65. The molecule has 5 nitrogen and oxygen atoms in total. The van der Waals surface area contributed by atoms with Crippen molar-refractivity contribution in [2.75, 3.05) is 18.5 Å². The highest BCUT2D eigenvalue weighted by molar-refractivity contribution is 6.32. The van der Waals surface area contributed by atoms with Crippen molar-refractivity contribution in [2.45, 2.75) is 26.2 Å². The summed E-state index contributed by atoms with van der Waals surface area (Å²) in [5.74, 6) is 1.77. The van der Waals surface area contributed by atoms with E-state index in [9.17, 15) is 9.90 Å². The number of aryl methyl sites for hydroxylation is 1. The van der Waals surface area contributed by atoms with Crippen molar-refractivity contribution in [3.8, 4) is 0 Å². The lowest BCUT2D eigenvalue weighted by atomic mass is 9.97. The molecule has 1 fully saturated rings. The summed E-state index contributed by atoms with van der Waals surface area (Å²) in [5.41, 5.74) is 0.297. The van der Waals surface area contributed by atoms with Crippen molar-refractivity contribution < 1.29 is 9.90 Å². The third-order valence-corrected chi connectivity index (χ3v) is 4.00. The van der Waals surface area contributed by atoms with Crippen molar-refractivity contribution in [2.24, 2.45) is 11.8 Å². The van der Waals surface area contributed by atoms with Crippen LogP contribution in [0.15, 0.2) is 0 Å². The number of aldehydes is 1. The smallest absolute Gasteiger partial charge is 0.156 e. The van der Waals surface area contributed by atoms with Gasteiger partial charge >= 0.3 is 0 Å². The normalized spacial score (nSPS) is 22.5. The number of hydrogen-bond acceptors (Lipinski definition) is 5. The van der Waals surface area contributed by atoms with Gasteiger partial charge in [0.25, 0.3) is 0 Å². The fourth-order valence-corrected chi connectivity index (χ4v) is 2.89. The van der Waals surface area contributed by atoms with Gasteiger partial charge in [0.05, 0.1) is 5.56 Å². The third kappa shape index (κ3) is 3.22. The van der Waals surface area contributed by atoms with Crippen LogP contribution >= 0.6 is 11.6 Å². The first-order valence-electron chi connectivity index (χ1n) is 6.49. The van der Waals surface area contributed by atoms with Crippen LogP contribution in [0.2, 0.25) is 5.15 Å².